The predicted molar refractivity (Wildman–Crippen MR) is 85.5 cm³/mol. The van der Waals surface area contributed by atoms with Crippen molar-refractivity contribution >= 4 is 5.82 Å². The molecule has 2 heterocycles. The van der Waals surface area contributed by atoms with Gasteiger partial charge >= 0.3 is 0 Å². The highest BCUT2D eigenvalue weighted by Gasteiger charge is 2.28. The average Bonchev–Trinajstić information content (AvgIpc) is 3.00. The van der Waals surface area contributed by atoms with Crippen LogP contribution in [0.25, 0.3) is 0 Å². The van der Waals surface area contributed by atoms with E-state index in [1.54, 1.807) is 0 Å². The summed E-state index contributed by atoms with van der Waals surface area (Å²) in [6.07, 6.45) is 6.40. The number of hydrogen-bond donors (Lipinski definition) is 1. The zero-order chi connectivity index (χ0) is 14.8. The van der Waals surface area contributed by atoms with Gasteiger partial charge in [0.05, 0.1) is 12.6 Å². The number of aliphatic hydroxyl groups is 1. The number of aryl methyl sites for hydroxylation is 1. The molecule has 0 unspecified atom stereocenters. The van der Waals surface area contributed by atoms with Crippen molar-refractivity contribution in [2.45, 2.75) is 57.7 Å². The van der Waals surface area contributed by atoms with Crippen LogP contribution in [-0.4, -0.2) is 47.3 Å². The van der Waals surface area contributed by atoms with Crippen LogP contribution in [0.3, 0.4) is 0 Å². The first kappa shape index (κ1) is 14.8. The van der Waals surface area contributed by atoms with Gasteiger partial charge in [0.15, 0.2) is 0 Å². The summed E-state index contributed by atoms with van der Waals surface area (Å²) in [7, 11) is 2.07. The molecule has 0 aromatic carbocycles. The molecule has 1 saturated carbocycles. The summed E-state index contributed by atoms with van der Waals surface area (Å²) in [4.78, 5) is 9.54. The number of fused-ring (bicyclic) bond motifs is 1. The van der Waals surface area contributed by atoms with E-state index in [1.165, 1.54) is 31.2 Å². The Kier molecular flexibility index (Phi) is 4.45. The zero-order valence-corrected chi connectivity index (χ0v) is 13.3. The molecule has 1 N–H and O–H groups in total. The molecule has 1 atom stereocenters. The normalized spacial score (nSPS) is 24.7. The Bertz CT molecular complexity index is 485. The van der Waals surface area contributed by atoms with Gasteiger partial charge in [-0.05, 0) is 32.3 Å². The summed E-state index contributed by atoms with van der Waals surface area (Å²) >= 11 is 0. The van der Waals surface area contributed by atoms with Gasteiger partial charge in [0, 0.05) is 37.4 Å². The first-order valence-electron chi connectivity index (χ1n) is 8.23. The molecule has 0 bridgehead atoms. The van der Waals surface area contributed by atoms with Crippen LogP contribution in [-0.2, 0) is 6.54 Å². The van der Waals surface area contributed by atoms with E-state index in [4.69, 9.17) is 4.98 Å². The Morgan fingerprint density at radius 2 is 2.00 bits per heavy atom. The molecule has 1 aliphatic carbocycles. The van der Waals surface area contributed by atoms with E-state index in [9.17, 15) is 5.11 Å². The fourth-order valence-corrected chi connectivity index (χ4v) is 3.77. The molecule has 3 rings (SSSR count). The molecule has 4 heteroatoms. The Hall–Kier alpha value is -1.13. The van der Waals surface area contributed by atoms with E-state index in [0.29, 0.717) is 0 Å². The second kappa shape index (κ2) is 6.32. The lowest BCUT2D eigenvalue weighted by Gasteiger charge is -2.37. The molecule has 0 radical (unpaired) electrons. The third kappa shape index (κ3) is 3.06. The summed E-state index contributed by atoms with van der Waals surface area (Å²) in [5, 5.41) is 9.74. The molecule has 1 aromatic heterocycles. The van der Waals surface area contributed by atoms with Gasteiger partial charge in [0.25, 0.3) is 0 Å². The van der Waals surface area contributed by atoms with Crippen LogP contribution < -0.4 is 4.90 Å². The first-order chi connectivity index (χ1) is 10.2. The second-order valence-electron chi connectivity index (χ2n) is 6.58. The van der Waals surface area contributed by atoms with Crippen molar-refractivity contribution in [3.05, 3.63) is 23.4 Å². The monoisotopic (exact) mass is 289 g/mol. The van der Waals surface area contributed by atoms with E-state index < -0.39 is 0 Å². The van der Waals surface area contributed by atoms with E-state index >= 15 is 0 Å². The molecule has 116 valence electrons. The molecule has 1 fully saturated rings. The van der Waals surface area contributed by atoms with Crippen LogP contribution in [0.1, 0.15) is 43.4 Å². The molecule has 0 amide bonds. The highest BCUT2D eigenvalue weighted by atomic mass is 16.3. The highest BCUT2D eigenvalue weighted by molar-refractivity contribution is 5.48. The summed E-state index contributed by atoms with van der Waals surface area (Å²) in [6, 6.07) is 5.22. The summed E-state index contributed by atoms with van der Waals surface area (Å²) in [5.41, 5.74) is 2.35. The molecular formula is C17H27N3O. The number of rotatable bonds is 2. The molecule has 0 saturated heterocycles. The quantitative estimate of drug-likeness (QED) is 0.907. The Morgan fingerprint density at radius 1 is 1.24 bits per heavy atom. The number of hydrogen-bond acceptors (Lipinski definition) is 4. The van der Waals surface area contributed by atoms with Gasteiger partial charge in [-0.1, -0.05) is 18.9 Å². The number of likely N-dealkylation sites (N-methyl/N-ethyl adjacent to an activating group) is 1. The Labute approximate surface area is 127 Å². The molecule has 1 aliphatic heterocycles. The lowest BCUT2D eigenvalue weighted by atomic mass is 10.1. The van der Waals surface area contributed by atoms with E-state index in [2.05, 4.69) is 29.0 Å². The molecule has 21 heavy (non-hydrogen) atoms. The van der Waals surface area contributed by atoms with Crippen molar-refractivity contribution in [1.29, 1.82) is 0 Å². The van der Waals surface area contributed by atoms with E-state index in [-0.39, 0.29) is 12.6 Å². The SMILES string of the molecule is Cc1ccc2c(n1)N(C)[C@H](CO)CCN(C1CCCC1)C2. The van der Waals surface area contributed by atoms with Gasteiger partial charge in [0.2, 0.25) is 0 Å². The van der Waals surface area contributed by atoms with Crippen LogP contribution >= 0.6 is 0 Å². The molecule has 2 aliphatic rings. The summed E-state index contributed by atoms with van der Waals surface area (Å²) < 4.78 is 0. The molecule has 0 spiro atoms. The summed E-state index contributed by atoms with van der Waals surface area (Å²) in [6.45, 7) is 4.31. The maximum absolute atomic E-state index is 9.74. The van der Waals surface area contributed by atoms with Crippen LogP contribution in [0.2, 0.25) is 0 Å². The minimum atomic E-state index is 0.169. The smallest absolute Gasteiger partial charge is 0.133 e. The second-order valence-corrected chi connectivity index (χ2v) is 6.58. The molecule has 1 aromatic rings. The van der Waals surface area contributed by atoms with Gasteiger partial charge in [-0.25, -0.2) is 4.98 Å². The van der Waals surface area contributed by atoms with Crippen molar-refractivity contribution < 1.29 is 5.11 Å². The van der Waals surface area contributed by atoms with E-state index in [0.717, 1.165) is 37.1 Å². The van der Waals surface area contributed by atoms with E-state index in [1.807, 2.05) is 6.92 Å². The lowest BCUT2D eigenvalue weighted by Crippen LogP contribution is -2.44. The predicted octanol–water partition coefficient (Wildman–Crippen LogP) is 2.34. The zero-order valence-electron chi connectivity index (χ0n) is 13.3. The fraction of sp³-hybridized carbons (Fsp3) is 0.706. The van der Waals surface area contributed by atoms with Crippen molar-refractivity contribution in [3.63, 3.8) is 0 Å². The van der Waals surface area contributed by atoms with Gasteiger partial charge in [-0.15, -0.1) is 0 Å². The number of pyridine rings is 1. The van der Waals surface area contributed by atoms with Crippen molar-refractivity contribution in [3.8, 4) is 0 Å². The lowest BCUT2D eigenvalue weighted by molar-refractivity contribution is 0.165. The Balaban J connectivity index is 1.91. The number of aromatic nitrogens is 1. The number of nitrogens with zero attached hydrogens (tertiary/aromatic N) is 3. The largest absolute Gasteiger partial charge is 0.394 e. The Morgan fingerprint density at radius 3 is 2.71 bits per heavy atom. The topological polar surface area (TPSA) is 39.6 Å². The molecular weight excluding hydrogens is 262 g/mol. The third-order valence-corrected chi connectivity index (χ3v) is 5.15. The highest BCUT2D eigenvalue weighted by Crippen LogP contribution is 2.30. The number of aliphatic hydroxyl groups excluding tert-OH is 1. The van der Waals surface area contributed by atoms with Gasteiger partial charge in [-0.3, -0.25) is 4.90 Å². The van der Waals surface area contributed by atoms with Crippen LogP contribution in [0.4, 0.5) is 5.82 Å². The van der Waals surface area contributed by atoms with Crippen LogP contribution in [0, 0.1) is 6.92 Å². The van der Waals surface area contributed by atoms with Gasteiger partial charge in [-0.2, -0.15) is 0 Å². The minimum Gasteiger partial charge on any atom is -0.394 e. The maximum atomic E-state index is 9.74. The maximum Gasteiger partial charge on any atom is 0.133 e. The van der Waals surface area contributed by atoms with Gasteiger partial charge in [0.1, 0.15) is 5.82 Å². The third-order valence-electron chi connectivity index (χ3n) is 5.15. The van der Waals surface area contributed by atoms with Crippen molar-refractivity contribution in [2.75, 3.05) is 25.1 Å². The van der Waals surface area contributed by atoms with Crippen LogP contribution in [0.5, 0.6) is 0 Å². The van der Waals surface area contributed by atoms with Crippen LogP contribution in [0.15, 0.2) is 12.1 Å². The summed E-state index contributed by atoms with van der Waals surface area (Å²) in [5.74, 6) is 1.05. The minimum absolute atomic E-state index is 0.169. The first-order valence-corrected chi connectivity index (χ1v) is 8.23. The number of anilines is 1. The van der Waals surface area contributed by atoms with Crippen molar-refractivity contribution in [1.82, 2.24) is 9.88 Å². The fourth-order valence-electron chi connectivity index (χ4n) is 3.77. The standard InChI is InChI=1S/C17H27N3O/c1-13-7-8-14-11-20(15-5-3-4-6-15)10-9-16(12-21)19(2)17(14)18-13/h7-8,15-16,21H,3-6,9-12H2,1-2H3/t16-/m0/s1. The molecule has 4 nitrogen and oxygen atoms in total. The average molecular weight is 289 g/mol. The van der Waals surface area contributed by atoms with Crippen molar-refractivity contribution in [2.24, 2.45) is 0 Å². The van der Waals surface area contributed by atoms with Gasteiger partial charge < -0.3 is 10.0 Å².